The Labute approximate surface area is 161 Å². The van der Waals surface area contributed by atoms with E-state index in [0.29, 0.717) is 35.9 Å². The molecular weight excluding hydrogens is 362 g/mol. The number of nitrogens with zero attached hydrogens (tertiary/aromatic N) is 2. The molecule has 0 unspecified atom stereocenters. The zero-order chi connectivity index (χ0) is 18.6. The Balaban J connectivity index is 1.37. The first-order valence-electron chi connectivity index (χ1n) is 8.63. The van der Waals surface area contributed by atoms with Crippen molar-refractivity contribution < 1.29 is 14.3 Å². The first-order chi connectivity index (χ1) is 13.2. The third kappa shape index (κ3) is 3.78. The molecule has 3 aromatic rings. The molecule has 0 saturated heterocycles. The number of aromatic nitrogens is 2. The summed E-state index contributed by atoms with van der Waals surface area (Å²) >= 11 is 1.57. The summed E-state index contributed by atoms with van der Waals surface area (Å²) in [6.07, 6.45) is 2.24. The van der Waals surface area contributed by atoms with Crippen molar-refractivity contribution in [3.05, 3.63) is 55.1 Å². The summed E-state index contributed by atoms with van der Waals surface area (Å²) in [4.78, 5) is 16.9. The van der Waals surface area contributed by atoms with Crippen molar-refractivity contribution in [1.82, 2.24) is 9.55 Å². The second kappa shape index (κ2) is 7.75. The summed E-state index contributed by atoms with van der Waals surface area (Å²) in [6, 6.07) is 13.4. The number of amides is 1. The van der Waals surface area contributed by atoms with Crippen LogP contribution in [0.3, 0.4) is 0 Å². The van der Waals surface area contributed by atoms with E-state index in [4.69, 9.17) is 9.47 Å². The quantitative estimate of drug-likeness (QED) is 0.494. The molecule has 0 aliphatic carbocycles. The van der Waals surface area contributed by atoms with E-state index in [9.17, 15) is 4.79 Å². The molecule has 0 spiro atoms. The zero-order valence-electron chi connectivity index (χ0n) is 14.7. The van der Waals surface area contributed by atoms with Crippen LogP contribution in [0.5, 0.6) is 11.5 Å². The van der Waals surface area contributed by atoms with Crippen LogP contribution in [0.2, 0.25) is 0 Å². The van der Waals surface area contributed by atoms with Crippen LogP contribution in [-0.4, -0.2) is 28.0 Å². The topological polar surface area (TPSA) is 65.4 Å². The molecule has 6 nitrogen and oxygen atoms in total. The molecule has 1 amide bonds. The van der Waals surface area contributed by atoms with E-state index in [2.05, 4.69) is 21.4 Å². The van der Waals surface area contributed by atoms with E-state index < -0.39 is 0 Å². The summed E-state index contributed by atoms with van der Waals surface area (Å²) in [5.74, 6) is 1.94. The van der Waals surface area contributed by atoms with Gasteiger partial charge in [0.2, 0.25) is 12.7 Å². The number of anilines is 1. The maximum Gasteiger partial charge on any atom is 0.231 e. The summed E-state index contributed by atoms with van der Waals surface area (Å²) in [5, 5.41) is 3.79. The second-order valence-electron chi connectivity index (χ2n) is 6.00. The Morgan fingerprint density at radius 1 is 1.26 bits per heavy atom. The third-order valence-corrected chi connectivity index (χ3v) is 5.13. The fourth-order valence-electron chi connectivity index (χ4n) is 2.90. The Morgan fingerprint density at radius 3 is 3.00 bits per heavy atom. The second-order valence-corrected chi connectivity index (χ2v) is 7.06. The molecule has 4 rings (SSSR count). The number of carbonyl (C=O) groups excluding carboxylic acids is 1. The first kappa shape index (κ1) is 17.5. The minimum absolute atomic E-state index is 0.0484. The van der Waals surface area contributed by atoms with Crippen LogP contribution in [0.1, 0.15) is 6.42 Å². The van der Waals surface area contributed by atoms with Crippen LogP contribution in [0.15, 0.2) is 60.3 Å². The fraction of sp³-hybridized carbons (Fsp3) is 0.200. The van der Waals surface area contributed by atoms with E-state index >= 15 is 0 Å². The smallest absolute Gasteiger partial charge is 0.231 e. The van der Waals surface area contributed by atoms with Crippen molar-refractivity contribution in [3.8, 4) is 11.5 Å². The molecule has 0 saturated carbocycles. The van der Waals surface area contributed by atoms with Gasteiger partial charge in [0.1, 0.15) is 0 Å². The number of imidazole rings is 1. The minimum atomic E-state index is -0.0484. The molecule has 2 aromatic carbocycles. The lowest BCUT2D eigenvalue weighted by Crippen LogP contribution is -2.12. The van der Waals surface area contributed by atoms with Crippen molar-refractivity contribution in [3.63, 3.8) is 0 Å². The number of allylic oxidation sites excluding steroid dienone is 1. The van der Waals surface area contributed by atoms with Crippen LogP contribution < -0.4 is 14.8 Å². The average molecular weight is 381 g/mol. The van der Waals surface area contributed by atoms with Crippen LogP contribution >= 0.6 is 11.8 Å². The lowest BCUT2D eigenvalue weighted by atomic mass is 10.2. The number of nitrogens with one attached hydrogen (secondary N) is 1. The highest BCUT2D eigenvalue weighted by molar-refractivity contribution is 7.99. The lowest BCUT2D eigenvalue weighted by molar-refractivity contribution is -0.115. The molecule has 2 heterocycles. The number of rotatable bonds is 7. The van der Waals surface area contributed by atoms with Crippen LogP contribution in [0.25, 0.3) is 11.0 Å². The summed E-state index contributed by atoms with van der Waals surface area (Å²) in [7, 11) is 0. The summed E-state index contributed by atoms with van der Waals surface area (Å²) in [6.45, 7) is 4.73. The number of ether oxygens (including phenoxy) is 2. The van der Waals surface area contributed by atoms with Crippen LogP contribution in [0, 0.1) is 0 Å². The Bertz CT molecular complexity index is 999. The molecule has 1 aromatic heterocycles. The molecular formula is C20H19N3O3S. The van der Waals surface area contributed by atoms with Gasteiger partial charge in [0.25, 0.3) is 0 Å². The SMILES string of the molecule is C=CCn1c(SCCC(=O)Nc2ccc3c(c2)OCO3)nc2ccccc21. The van der Waals surface area contributed by atoms with Crippen LogP contribution in [-0.2, 0) is 11.3 Å². The number of benzene rings is 2. The van der Waals surface area contributed by atoms with Gasteiger partial charge in [0, 0.05) is 30.5 Å². The number of hydrogen-bond donors (Lipinski definition) is 1. The molecule has 1 aliphatic rings. The highest BCUT2D eigenvalue weighted by atomic mass is 32.2. The van der Waals surface area contributed by atoms with Crippen molar-refractivity contribution in [1.29, 1.82) is 0 Å². The molecule has 7 heteroatoms. The first-order valence-corrected chi connectivity index (χ1v) is 9.61. The van der Waals surface area contributed by atoms with Crippen molar-refractivity contribution in [2.75, 3.05) is 17.9 Å². The van der Waals surface area contributed by atoms with E-state index in [1.807, 2.05) is 36.4 Å². The van der Waals surface area contributed by atoms with Gasteiger partial charge >= 0.3 is 0 Å². The standard InChI is InChI=1S/C20H19N3O3S/c1-2-10-23-16-6-4-3-5-15(16)22-20(23)27-11-9-19(24)21-14-7-8-17-18(12-14)26-13-25-17/h2-8,12H,1,9-11,13H2,(H,21,24). The van der Waals surface area contributed by atoms with E-state index in [1.165, 1.54) is 0 Å². The number of thioether (sulfide) groups is 1. The lowest BCUT2D eigenvalue weighted by Gasteiger charge is -2.07. The van der Waals surface area contributed by atoms with Gasteiger partial charge in [-0.25, -0.2) is 4.98 Å². The van der Waals surface area contributed by atoms with Gasteiger partial charge in [-0.05, 0) is 24.3 Å². The van der Waals surface area contributed by atoms with E-state index in [0.717, 1.165) is 16.2 Å². The number of hydrogen-bond acceptors (Lipinski definition) is 5. The van der Waals surface area contributed by atoms with Gasteiger partial charge in [-0.1, -0.05) is 30.0 Å². The normalized spacial score (nSPS) is 12.3. The maximum atomic E-state index is 12.2. The van der Waals surface area contributed by atoms with E-state index in [1.54, 1.807) is 23.9 Å². The van der Waals surface area contributed by atoms with Crippen LogP contribution in [0.4, 0.5) is 5.69 Å². The van der Waals surface area contributed by atoms with Gasteiger partial charge in [-0.2, -0.15) is 0 Å². The molecule has 27 heavy (non-hydrogen) atoms. The third-order valence-electron chi connectivity index (χ3n) is 4.15. The predicted octanol–water partition coefficient (Wildman–Crippen LogP) is 4.07. The minimum Gasteiger partial charge on any atom is -0.454 e. The Kier molecular flexibility index (Phi) is 5.02. The van der Waals surface area contributed by atoms with Crippen molar-refractivity contribution in [2.24, 2.45) is 0 Å². The van der Waals surface area contributed by atoms with Gasteiger partial charge in [-0.3, -0.25) is 4.79 Å². The molecule has 1 aliphatic heterocycles. The van der Waals surface area contributed by atoms with Crippen molar-refractivity contribution >= 4 is 34.4 Å². The van der Waals surface area contributed by atoms with Crippen molar-refractivity contribution in [2.45, 2.75) is 18.1 Å². The number of carbonyl (C=O) groups is 1. The van der Waals surface area contributed by atoms with Gasteiger partial charge in [0.15, 0.2) is 16.7 Å². The highest BCUT2D eigenvalue weighted by Crippen LogP contribution is 2.34. The summed E-state index contributed by atoms with van der Waals surface area (Å²) in [5.41, 5.74) is 2.73. The summed E-state index contributed by atoms with van der Waals surface area (Å²) < 4.78 is 12.7. The molecule has 0 atom stereocenters. The predicted molar refractivity (Wildman–Crippen MR) is 106 cm³/mol. The maximum absolute atomic E-state index is 12.2. The number of para-hydroxylation sites is 2. The Morgan fingerprint density at radius 2 is 2.11 bits per heavy atom. The largest absolute Gasteiger partial charge is 0.454 e. The monoisotopic (exact) mass is 381 g/mol. The molecule has 0 fully saturated rings. The molecule has 138 valence electrons. The van der Waals surface area contributed by atoms with Gasteiger partial charge in [-0.15, -0.1) is 6.58 Å². The average Bonchev–Trinajstić information content (AvgIpc) is 3.27. The van der Waals surface area contributed by atoms with E-state index in [-0.39, 0.29) is 12.7 Å². The zero-order valence-corrected chi connectivity index (χ0v) is 15.5. The molecule has 0 radical (unpaired) electrons. The Hall–Kier alpha value is -2.93. The highest BCUT2D eigenvalue weighted by Gasteiger charge is 2.15. The molecule has 0 bridgehead atoms. The van der Waals surface area contributed by atoms with Gasteiger partial charge in [0.05, 0.1) is 11.0 Å². The molecule has 1 N–H and O–H groups in total. The fourth-order valence-corrected chi connectivity index (χ4v) is 3.86. The van der Waals surface area contributed by atoms with Gasteiger partial charge < -0.3 is 19.4 Å². The number of fused-ring (bicyclic) bond motifs is 2.